The SMILES string of the molecule is CCCNCC(=O)Nc1ccc(CO)cc1. The summed E-state index contributed by atoms with van der Waals surface area (Å²) in [7, 11) is 0. The van der Waals surface area contributed by atoms with Gasteiger partial charge in [-0.05, 0) is 30.7 Å². The van der Waals surface area contributed by atoms with Gasteiger partial charge in [0.05, 0.1) is 13.2 Å². The molecule has 1 rings (SSSR count). The Balaban J connectivity index is 2.37. The molecule has 0 radical (unpaired) electrons. The molecular weight excluding hydrogens is 204 g/mol. The maximum absolute atomic E-state index is 11.4. The third-order valence-corrected chi connectivity index (χ3v) is 2.13. The van der Waals surface area contributed by atoms with E-state index in [2.05, 4.69) is 17.6 Å². The van der Waals surface area contributed by atoms with Crippen LogP contribution in [0, 0.1) is 0 Å². The highest BCUT2D eigenvalue weighted by Gasteiger charge is 2.00. The van der Waals surface area contributed by atoms with Crippen LogP contribution in [0.15, 0.2) is 24.3 Å². The van der Waals surface area contributed by atoms with Crippen LogP contribution in [0.3, 0.4) is 0 Å². The summed E-state index contributed by atoms with van der Waals surface area (Å²) in [4.78, 5) is 11.4. The topological polar surface area (TPSA) is 61.4 Å². The highest BCUT2D eigenvalue weighted by atomic mass is 16.3. The fourth-order valence-electron chi connectivity index (χ4n) is 1.28. The molecule has 0 aliphatic heterocycles. The van der Waals surface area contributed by atoms with E-state index in [1.807, 2.05) is 0 Å². The van der Waals surface area contributed by atoms with Gasteiger partial charge in [0.15, 0.2) is 0 Å². The third kappa shape index (κ3) is 4.42. The van der Waals surface area contributed by atoms with E-state index >= 15 is 0 Å². The van der Waals surface area contributed by atoms with Crippen molar-refractivity contribution in [3.63, 3.8) is 0 Å². The number of aliphatic hydroxyl groups excluding tert-OH is 1. The molecule has 0 fully saturated rings. The van der Waals surface area contributed by atoms with Gasteiger partial charge in [-0.15, -0.1) is 0 Å². The minimum atomic E-state index is -0.0507. The summed E-state index contributed by atoms with van der Waals surface area (Å²) in [5.41, 5.74) is 1.59. The summed E-state index contributed by atoms with van der Waals surface area (Å²) in [5.74, 6) is -0.0507. The molecule has 0 aliphatic rings. The van der Waals surface area contributed by atoms with Gasteiger partial charge in [-0.3, -0.25) is 4.79 Å². The summed E-state index contributed by atoms with van der Waals surface area (Å²) in [6.45, 7) is 3.25. The lowest BCUT2D eigenvalue weighted by Crippen LogP contribution is -2.28. The molecule has 0 unspecified atom stereocenters. The predicted octanol–water partition coefficient (Wildman–Crippen LogP) is 1.12. The van der Waals surface area contributed by atoms with Crippen LogP contribution in [0.25, 0.3) is 0 Å². The number of benzene rings is 1. The van der Waals surface area contributed by atoms with Gasteiger partial charge in [0, 0.05) is 5.69 Å². The van der Waals surface area contributed by atoms with Crippen LogP contribution in [-0.4, -0.2) is 24.1 Å². The molecule has 0 saturated carbocycles. The first-order valence-electron chi connectivity index (χ1n) is 5.46. The van der Waals surface area contributed by atoms with Crippen molar-refractivity contribution in [2.75, 3.05) is 18.4 Å². The molecule has 3 N–H and O–H groups in total. The van der Waals surface area contributed by atoms with Crippen LogP contribution < -0.4 is 10.6 Å². The smallest absolute Gasteiger partial charge is 0.238 e. The van der Waals surface area contributed by atoms with Crippen molar-refractivity contribution in [2.45, 2.75) is 20.0 Å². The zero-order valence-electron chi connectivity index (χ0n) is 9.49. The first-order chi connectivity index (χ1) is 7.76. The van der Waals surface area contributed by atoms with E-state index < -0.39 is 0 Å². The number of nitrogens with one attached hydrogen (secondary N) is 2. The van der Waals surface area contributed by atoms with Crippen LogP contribution in [0.4, 0.5) is 5.69 Å². The number of aliphatic hydroxyl groups is 1. The van der Waals surface area contributed by atoms with Crippen LogP contribution >= 0.6 is 0 Å². The van der Waals surface area contributed by atoms with Crippen LogP contribution in [0.1, 0.15) is 18.9 Å². The molecule has 0 aromatic heterocycles. The minimum Gasteiger partial charge on any atom is -0.392 e. The average molecular weight is 222 g/mol. The van der Waals surface area contributed by atoms with E-state index in [9.17, 15) is 4.79 Å². The fraction of sp³-hybridized carbons (Fsp3) is 0.417. The highest BCUT2D eigenvalue weighted by Crippen LogP contribution is 2.08. The maximum atomic E-state index is 11.4. The molecule has 88 valence electrons. The first kappa shape index (κ1) is 12.7. The van der Waals surface area contributed by atoms with Crippen LogP contribution in [0.2, 0.25) is 0 Å². The second kappa shape index (κ2) is 6.98. The van der Waals surface area contributed by atoms with E-state index in [0.717, 1.165) is 24.2 Å². The van der Waals surface area contributed by atoms with Gasteiger partial charge in [-0.1, -0.05) is 19.1 Å². The zero-order chi connectivity index (χ0) is 11.8. The lowest BCUT2D eigenvalue weighted by Gasteiger charge is -2.06. The average Bonchev–Trinajstić information content (AvgIpc) is 2.30. The molecule has 0 spiro atoms. The summed E-state index contributed by atoms with van der Waals surface area (Å²) < 4.78 is 0. The van der Waals surface area contributed by atoms with E-state index in [1.165, 1.54) is 0 Å². The molecule has 4 heteroatoms. The van der Waals surface area contributed by atoms with Crippen molar-refractivity contribution in [1.29, 1.82) is 0 Å². The first-order valence-corrected chi connectivity index (χ1v) is 5.46. The second-order valence-corrected chi connectivity index (χ2v) is 3.58. The molecule has 0 atom stereocenters. The number of anilines is 1. The molecule has 1 aromatic carbocycles. The largest absolute Gasteiger partial charge is 0.392 e. The second-order valence-electron chi connectivity index (χ2n) is 3.58. The van der Waals surface area contributed by atoms with Gasteiger partial charge in [0.2, 0.25) is 5.91 Å². The summed E-state index contributed by atoms with van der Waals surface area (Å²) >= 11 is 0. The fourth-order valence-corrected chi connectivity index (χ4v) is 1.28. The number of hydrogen-bond donors (Lipinski definition) is 3. The van der Waals surface area contributed by atoms with Gasteiger partial charge in [-0.2, -0.15) is 0 Å². The monoisotopic (exact) mass is 222 g/mol. The van der Waals surface area contributed by atoms with Gasteiger partial charge in [0.25, 0.3) is 0 Å². The Morgan fingerprint density at radius 2 is 2.00 bits per heavy atom. The van der Waals surface area contributed by atoms with Crippen molar-refractivity contribution in [2.24, 2.45) is 0 Å². The molecule has 0 heterocycles. The van der Waals surface area contributed by atoms with Crippen molar-refractivity contribution in [3.8, 4) is 0 Å². The predicted molar refractivity (Wildman–Crippen MR) is 64.2 cm³/mol. The summed E-state index contributed by atoms with van der Waals surface area (Å²) in [6, 6.07) is 7.14. The third-order valence-electron chi connectivity index (χ3n) is 2.13. The molecule has 16 heavy (non-hydrogen) atoms. The van der Waals surface area contributed by atoms with Gasteiger partial charge in [-0.25, -0.2) is 0 Å². The molecular formula is C12H18N2O2. The van der Waals surface area contributed by atoms with Gasteiger partial charge >= 0.3 is 0 Å². The lowest BCUT2D eigenvalue weighted by atomic mass is 10.2. The van der Waals surface area contributed by atoms with Crippen molar-refractivity contribution >= 4 is 11.6 Å². The highest BCUT2D eigenvalue weighted by molar-refractivity contribution is 5.92. The number of carbonyl (C=O) groups is 1. The Hall–Kier alpha value is -1.39. The zero-order valence-corrected chi connectivity index (χ0v) is 9.49. The number of rotatable bonds is 6. The van der Waals surface area contributed by atoms with E-state index in [1.54, 1.807) is 24.3 Å². The standard InChI is InChI=1S/C12H18N2O2/c1-2-7-13-8-12(16)14-11-5-3-10(9-15)4-6-11/h3-6,13,15H,2,7-9H2,1H3,(H,14,16). The summed E-state index contributed by atoms with van der Waals surface area (Å²) in [5, 5.41) is 14.7. The molecule has 0 aliphatic carbocycles. The molecule has 0 bridgehead atoms. The maximum Gasteiger partial charge on any atom is 0.238 e. The molecule has 0 saturated heterocycles. The number of amides is 1. The Bertz CT molecular complexity index is 322. The Labute approximate surface area is 95.7 Å². The van der Waals surface area contributed by atoms with E-state index in [-0.39, 0.29) is 12.5 Å². The van der Waals surface area contributed by atoms with Crippen molar-refractivity contribution < 1.29 is 9.90 Å². The Morgan fingerprint density at radius 1 is 1.31 bits per heavy atom. The molecule has 4 nitrogen and oxygen atoms in total. The molecule has 1 amide bonds. The van der Waals surface area contributed by atoms with Crippen LogP contribution in [0.5, 0.6) is 0 Å². The number of carbonyl (C=O) groups excluding carboxylic acids is 1. The van der Waals surface area contributed by atoms with E-state index in [4.69, 9.17) is 5.11 Å². The quantitative estimate of drug-likeness (QED) is 0.632. The van der Waals surface area contributed by atoms with E-state index in [0.29, 0.717) is 6.54 Å². The van der Waals surface area contributed by atoms with Gasteiger partial charge in [0.1, 0.15) is 0 Å². The van der Waals surface area contributed by atoms with Crippen LogP contribution in [-0.2, 0) is 11.4 Å². The summed E-state index contributed by atoms with van der Waals surface area (Å²) in [6.07, 6.45) is 1.01. The minimum absolute atomic E-state index is 0.0201. The lowest BCUT2D eigenvalue weighted by molar-refractivity contribution is -0.115. The normalized spacial score (nSPS) is 10.1. The number of hydrogen-bond acceptors (Lipinski definition) is 3. The molecule has 1 aromatic rings. The van der Waals surface area contributed by atoms with Crippen molar-refractivity contribution in [1.82, 2.24) is 5.32 Å². The van der Waals surface area contributed by atoms with Gasteiger partial charge < -0.3 is 15.7 Å². The van der Waals surface area contributed by atoms with Crippen molar-refractivity contribution in [3.05, 3.63) is 29.8 Å². The Morgan fingerprint density at radius 3 is 2.56 bits per heavy atom. The Kier molecular flexibility index (Phi) is 5.53.